The third kappa shape index (κ3) is 8.74. The molecule has 5 heterocycles. The van der Waals surface area contributed by atoms with Crippen molar-refractivity contribution in [2.75, 3.05) is 73.9 Å². The quantitative estimate of drug-likeness (QED) is 0.174. The number of rotatable bonds is 10. The van der Waals surface area contributed by atoms with Gasteiger partial charge in [0.05, 0.1) is 32.2 Å². The van der Waals surface area contributed by atoms with Gasteiger partial charge in [-0.25, -0.2) is 27.4 Å². The normalized spacial score (nSPS) is 14.0. The number of likely N-dealkylation sites (N-methyl/N-ethyl adjacent to an activating group) is 1. The van der Waals surface area contributed by atoms with E-state index < -0.39 is 62.9 Å². The predicted molar refractivity (Wildman–Crippen MR) is 158 cm³/mol. The molecule has 0 radical (unpaired) electrons. The first-order valence-electron chi connectivity index (χ1n) is 14.4. The van der Waals surface area contributed by atoms with E-state index >= 15 is 0 Å². The molecule has 0 spiro atoms. The Hall–Kier alpha value is -5.07. The van der Waals surface area contributed by atoms with E-state index in [9.17, 15) is 44.3 Å². The zero-order valence-corrected chi connectivity index (χ0v) is 27.2. The first-order chi connectivity index (χ1) is 23.3. The summed E-state index contributed by atoms with van der Waals surface area (Å²) in [4.78, 5) is 40.5. The van der Waals surface area contributed by atoms with Gasteiger partial charge in [-0.15, -0.1) is 10.2 Å². The van der Waals surface area contributed by atoms with Crippen LogP contribution < -0.4 is 15.1 Å². The summed E-state index contributed by atoms with van der Waals surface area (Å²) in [6.45, 7) is 4.31. The highest BCUT2D eigenvalue weighted by molar-refractivity contribution is 7.90. The van der Waals surface area contributed by atoms with Gasteiger partial charge >= 0.3 is 24.3 Å². The molecule has 0 amide bonds. The van der Waals surface area contributed by atoms with Crippen LogP contribution in [0, 0.1) is 0 Å². The van der Waals surface area contributed by atoms with Gasteiger partial charge in [0, 0.05) is 25.9 Å². The number of ether oxygens (including phenoxy) is 2. The number of hydrogen-bond donors (Lipinski definition) is 2. The fraction of sp³-hybridized carbons (Fsp3) is 0.520. The van der Waals surface area contributed by atoms with Gasteiger partial charge in [-0.2, -0.15) is 36.3 Å². The molecule has 25 heteroatoms. The molecule has 274 valence electrons. The minimum absolute atomic E-state index is 0.0186. The maximum absolute atomic E-state index is 13.2. The van der Waals surface area contributed by atoms with Crippen LogP contribution in [-0.4, -0.2) is 123 Å². The Morgan fingerprint density at radius 2 is 1.56 bits per heavy atom. The summed E-state index contributed by atoms with van der Waals surface area (Å²) < 4.78 is 113. The number of imidazole rings is 2. The lowest BCUT2D eigenvalue weighted by Crippen LogP contribution is -2.38. The van der Waals surface area contributed by atoms with Crippen LogP contribution in [0.4, 0.5) is 43.9 Å². The zero-order chi connectivity index (χ0) is 37.0. The largest absolute Gasteiger partial charge is 0.480 e. The lowest BCUT2D eigenvalue weighted by Gasteiger charge is -2.27. The lowest BCUT2D eigenvalue weighted by atomic mass is 10.4. The molecule has 1 aliphatic rings. The number of aliphatic carboxylic acids is 1. The van der Waals surface area contributed by atoms with Crippen LogP contribution in [0.5, 0.6) is 0 Å². The molecule has 0 aromatic carbocycles. The van der Waals surface area contributed by atoms with E-state index in [1.54, 1.807) is 11.8 Å². The van der Waals surface area contributed by atoms with E-state index in [1.165, 1.54) is 6.92 Å². The van der Waals surface area contributed by atoms with Crippen molar-refractivity contribution in [1.82, 2.24) is 39.2 Å². The second-order valence-electron chi connectivity index (χ2n) is 10.2. The summed E-state index contributed by atoms with van der Waals surface area (Å²) >= 11 is 0. The third-order valence-electron chi connectivity index (χ3n) is 6.60. The minimum Gasteiger partial charge on any atom is -0.480 e. The molecule has 0 bridgehead atoms. The maximum atomic E-state index is 13.2. The number of morpholine rings is 1. The second-order valence-corrected chi connectivity index (χ2v) is 12.1. The smallest absolute Gasteiger partial charge is 0.435 e. The number of sulfone groups is 1. The van der Waals surface area contributed by atoms with Crippen LogP contribution in [0.15, 0.2) is 17.6 Å². The molecule has 5 rings (SSSR count). The average Bonchev–Trinajstić information content (AvgIpc) is 3.68. The van der Waals surface area contributed by atoms with Crippen molar-refractivity contribution in [2.24, 2.45) is 0 Å². The molecule has 50 heavy (non-hydrogen) atoms. The van der Waals surface area contributed by atoms with Gasteiger partial charge in [0.2, 0.25) is 15.8 Å². The predicted octanol–water partition coefficient (Wildman–Crippen LogP) is 1.41. The number of esters is 1. The van der Waals surface area contributed by atoms with Crippen molar-refractivity contribution in [1.29, 1.82) is 0 Å². The summed E-state index contributed by atoms with van der Waals surface area (Å²) in [5.41, 5.74) is -2.84. The first kappa shape index (κ1) is 37.7. The number of halogens is 6. The molecule has 0 unspecified atom stereocenters. The first-order valence-corrected chi connectivity index (χ1v) is 16.3. The van der Waals surface area contributed by atoms with Gasteiger partial charge in [0.25, 0.3) is 5.16 Å². The van der Waals surface area contributed by atoms with Crippen molar-refractivity contribution in [3.63, 3.8) is 0 Å². The number of alkyl halides is 6. The van der Waals surface area contributed by atoms with Crippen molar-refractivity contribution >= 4 is 50.7 Å². The van der Waals surface area contributed by atoms with Crippen LogP contribution in [0.1, 0.15) is 25.2 Å². The number of hydrogen-bond acceptors (Lipinski definition) is 15. The van der Waals surface area contributed by atoms with Crippen molar-refractivity contribution in [3.05, 3.63) is 23.8 Å². The molecule has 4 aromatic rings. The van der Waals surface area contributed by atoms with Gasteiger partial charge in [-0.3, -0.25) is 9.59 Å². The van der Waals surface area contributed by atoms with Gasteiger partial charge in [-0.1, -0.05) is 0 Å². The summed E-state index contributed by atoms with van der Waals surface area (Å²) in [7, 11) is -4.04. The Kier molecular flexibility index (Phi) is 11.2. The van der Waals surface area contributed by atoms with Gasteiger partial charge in [0.1, 0.15) is 13.1 Å². The number of aromatic nitrogens is 8. The Morgan fingerprint density at radius 3 is 2.08 bits per heavy atom. The number of carboxylic acid groups (broad SMARTS) is 1. The molecule has 0 saturated carbocycles. The Bertz CT molecular complexity index is 1960. The standard InChI is InChI=1S/C14H17F3N6O3.C11H12F3N5O4S/c1-2-26-10(24)8-18-11-12-19-7-9(14(15,16)17)23(12)21-13(20-11)22-3-5-25-6-4-22;1-3-18(5-7(20)21)9-8-15-4-6(11(12,13)14)19(8)17-10(16-9)24(2,22)23/h7H,2-6,8H2,1H3,(H,18,20,21);4H,3,5H2,1-2H3,(H,20,21). The van der Waals surface area contributed by atoms with Crippen LogP contribution in [0.25, 0.3) is 11.3 Å². The zero-order valence-electron chi connectivity index (χ0n) is 26.4. The number of fused-ring (bicyclic) bond motifs is 2. The molecule has 18 nitrogen and oxygen atoms in total. The monoisotopic (exact) mass is 741 g/mol. The summed E-state index contributed by atoms with van der Waals surface area (Å²) in [6, 6.07) is 0. The molecule has 2 N–H and O–H groups in total. The molecule has 1 aliphatic heterocycles. The number of nitrogens with zero attached hydrogens (tertiary/aromatic N) is 10. The average molecular weight is 742 g/mol. The maximum Gasteiger partial charge on any atom is 0.435 e. The third-order valence-corrected chi connectivity index (χ3v) is 7.43. The molecular formula is C25H29F6N11O7S. The number of carboxylic acids is 1. The van der Waals surface area contributed by atoms with E-state index in [2.05, 4.69) is 35.5 Å². The highest BCUT2D eigenvalue weighted by Gasteiger charge is 2.38. The van der Waals surface area contributed by atoms with E-state index in [0.29, 0.717) is 47.7 Å². The number of carbonyl (C=O) groups excluding carboxylic acids is 1. The van der Waals surface area contributed by atoms with Crippen LogP contribution >= 0.6 is 0 Å². The molecule has 0 aliphatic carbocycles. The highest BCUT2D eigenvalue weighted by Crippen LogP contribution is 2.32. The summed E-state index contributed by atoms with van der Waals surface area (Å²) in [6.07, 6.45) is -7.56. The molecule has 1 fully saturated rings. The van der Waals surface area contributed by atoms with E-state index in [4.69, 9.17) is 14.6 Å². The van der Waals surface area contributed by atoms with Gasteiger partial charge in [0.15, 0.2) is 34.3 Å². The van der Waals surface area contributed by atoms with Crippen molar-refractivity contribution < 1.29 is 58.9 Å². The Morgan fingerprint density at radius 1 is 0.980 bits per heavy atom. The number of anilines is 3. The fourth-order valence-corrected chi connectivity index (χ4v) is 4.84. The van der Waals surface area contributed by atoms with Crippen LogP contribution in [0.2, 0.25) is 0 Å². The Balaban J connectivity index is 0.000000226. The highest BCUT2D eigenvalue weighted by atomic mass is 32.2. The number of nitrogens with one attached hydrogen (secondary N) is 1. The van der Waals surface area contributed by atoms with Crippen LogP contribution in [0.3, 0.4) is 0 Å². The van der Waals surface area contributed by atoms with Crippen molar-refractivity contribution in [3.8, 4) is 0 Å². The molecular weight excluding hydrogens is 712 g/mol. The molecule has 1 saturated heterocycles. The van der Waals surface area contributed by atoms with E-state index in [-0.39, 0.29) is 42.9 Å². The Labute approximate surface area is 277 Å². The minimum atomic E-state index is -4.83. The fourth-order valence-electron chi connectivity index (χ4n) is 4.36. The topological polar surface area (TPSA) is 212 Å². The summed E-state index contributed by atoms with van der Waals surface area (Å²) in [5.74, 6) is -2.02. The van der Waals surface area contributed by atoms with Crippen molar-refractivity contribution in [2.45, 2.75) is 31.4 Å². The van der Waals surface area contributed by atoms with E-state index in [1.807, 2.05) is 0 Å². The van der Waals surface area contributed by atoms with E-state index in [0.717, 1.165) is 11.2 Å². The molecule has 0 atom stereocenters. The number of carbonyl (C=O) groups is 2. The second kappa shape index (κ2) is 14.8. The van der Waals surface area contributed by atoms with Gasteiger partial charge in [-0.05, 0) is 13.8 Å². The SMILES string of the molecule is CCN(CC(=O)O)c1nc(S(C)(=O)=O)nn2c(C(F)(F)F)cnc12.CCOC(=O)CNc1nc(N2CCOCC2)nn2c(C(F)(F)F)cnc12. The molecule has 4 aromatic heterocycles. The van der Waals surface area contributed by atoms with Crippen LogP contribution in [-0.2, 0) is 41.3 Å². The summed E-state index contributed by atoms with van der Waals surface area (Å²) in [5, 5.41) is 18.1. The lowest BCUT2D eigenvalue weighted by molar-refractivity contribution is -0.143. The van der Waals surface area contributed by atoms with Gasteiger partial charge < -0.3 is 29.7 Å².